The van der Waals surface area contributed by atoms with E-state index in [4.69, 9.17) is 23.2 Å². The summed E-state index contributed by atoms with van der Waals surface area (Å²) in [7, 11) is 0. The topological polar surface area (TPSA) is 25.8 Å². The lowest BCUT2D eigenvalue weighted by Crippen LogP contribution is -2.04. The average molecular weight is 363 g/mol. The van der Waals surface area contributed by atoms with Crippen LogP contribution < -0.4 is 0 Å². The van der Waals surface area contributed by atoms with Gasteiger partial charge in [-0.1, -0.05) is 23.2 Å². The van der Waals surface area contributed by atoms with Crippen molar-refractivity contribution < 1.29 is 26.3 Å². The maximum Gasteiger partial charge on any atom is 0.417 e. The zero-order valence-corrected chi connectivity index (χ0v) is 11.9. The van der Waals surface area contributed by atoms with Gasteiger partial charge < -0.3 is 0 Å². The molecule has 0 aliphatic carbocycles. The maximum atomic E-state index is 11.9. The minimum absolute atomic E-state index is 0.0537. The van der Waals surface area contributed by atoms with Crippen molar-refractivity contribution in [3.05, 3.63) is 58.1 Å². The largest absolute Gasteiger partial charge is 0.417 e. The molecule has 2 aromatic rings. The van der Waals surface area contributed by atoms with Crippen LogP contribution in [0.4, 0.5) is 26.3 Å². The second-order valence-electron chi connectivity index (χ2n) is 3.73. The Morgan fingerprint density at radius 3 is 1.68 bits per heavy atom. The number of halogens is 8. The number of hydrogen-bond donors (Lipinski definition) is 0. The number of hydrogen-bond acceptors (Lipinski definition) is 2. The van der Waals surface area contributed by atoms with Crippen molar-refractivity contribution in [1.82, 2.24) is 9.97 Å². The van der Waals surface area contributed by atoms with Crippen LogP contribution in [0.5, 0.6) is 0 Å². The fraction of sp³-hybridized carbons (Fsp3) is 0.167. The van der Waals surface area contributed by atoms with Gasteiger partial charge in [-0.15, -0.1) is 0 Å². The highest BCUT2D eigenvalue weighted by molar-refractivity contribution is 6.29. The van der Waals surface area contributed by atoms with Crippen LogP contribution >= 0.6 is 23.2 Å². The van der Waals surface area contributed by atoms with Crippen molar-refractivity contribution in [3.8, 4) is 0 Å². The van der Waals surface area contributed by atoms with Crippen molar-refractivity contribution in [1.29, 1.82) is 0 Å². The second kappa shape index (κ2) is 7.15. The molecule has 0 aromatic carbocycles. The van der Waals surface area contributed by atoms with E-state index in [2.05, 4.69) is 9.97 Å². The van der Waals surface area contributed by atoms with Gasteiger partial charge >= 0.3 is 12.4 Å². The van der Waals surface area contributed by atoms with E-state index >= 15 is 0 Å². The highest BCUT2D eigenvalue weighted by Crippen LogP contribution is 2.30. The first-order valence-corrected chi connectivity index (χ1v) is 6.13. The van der Waals surface area contributed by atoms with Crippen molar-refractivity contribution >= 4 is 23.2 Å². The Hall–Kier alpha value is -1.54. The van der Waals surface area contributed by atoms with E-state index in [1.165, 1.54) is 0 Å². The van der Waals surface area contributed by atoms with Gasteiger partial charge in [-0.3, -0.25) is 0 Å². The zero-order chi connectivity index (χ0) is 17.0. The Morgan fingerprint density at radius 1 is 0.727 bits per heavy atom. The Balaban J connectivity index is 0.000000220. The van der Waals surface area contributed by atoms with E-state index < -0.39 is 23.5 Å². The lowest BCUT2D eigenvalue weighted by molar-refractivity contribution is -0.138. The molecule has 22 heavy (non-hydrogen) atoms. The highest BCUT2D eigenvalue weighted by Gasteiger charge is 2.31. The lowest BCUT2D eigenvalue weighted by Gasteiger charge is -2.04. The normalized spacial score (nSPS) is 11.6. The van der Waals surface area contributed by atoms with Crippen LogP contribution in [0.2, 0.25) is 10.3 Å². The Bertz CT molecular complexity index is 610. The number of alkyl halides is 6. The standard InChI is InChI=1S/2C6H3ClF3N/c7-5-3-4(1-2-11-5)6(8,9)10;7-5-2-1-4(3-11-5)6(8,9)10/h2*1-3H. The van der Waals surface area contributed by atoms with Gasteiger partial charge in [0.25, 0.3) is 0 Å². The van der Waals surface area contributed by atoms with E-state index in [-0.39, 0.29) is 10.3 Å². The molecule has 120 valence electrons. The van der Waals surface area contributed by atoms with E-state index in [1.54, 1.807) is 0 Å². The molecule has 0 atom stereocenters. The third kappa shape index (κ3) is 6.07. The van der Waals surface area contributed by atoms with Crippen molar-refractivity contribution in [2.75, 3.05) is 0 Å². The molecule has 2 nitrogen and oxygen atoms in total. The molecule has 0 radical (unpaired) electrons. The minimum atomic E-state index is -4.34. The number of rotatable bonds is 0. The maximum absolute atomic E-state index is 11.9. The van der Waals surface area contributed by atoms with Crippen LogP contribution in [-0.4, -0.2) is 9.97 Å². The van der Waals surface area contributed by atoms with E-state index in [1.807, 2.05) is 0 Å². The Kier molecular flexibility index (Phi) is 6.01. The highest BCUT2D eigenvalue weighted by atomic mass is 35.5. The summed E-state index contributed by atoms with van der Waals surface area (Å²) < 4.78 is 71.2. The quantitative estimate of drug-likeness (QED) is 0.456. The van der Waals surface area contributed by atoms with Crippen LogP contribution in [-0.2, 0) is 12.4 Å². The van der Waals surface area contributed by atoms with Gasteiger partial charge in [-0.05, 0) is 24.3 Å². The third-order valence-corrected chi connectivity index (χ3v) is 2.54. The predicted octanol–water partition coefficient (Wildman–Crippen LogP) is 5.51. The van der Waals surface area contributed by atoms with Gasteiger partial charge in [0.15, 0.2) is 0 Å². The molecular formula is C12H6Cl2F6N2. The number of aromatic nitrogens is 2. The average Bonchev–Trinajstić information content (AvgIpc) is 2.38. The van der Waals surface area contributed by atoms with Gasteiger partial charge in [0, 0.05) is 12.4 Å². The molecule has 0 saturated heterocycles. The minimum Gasteiger partial charge on any atom is -0.245 e. The molecule has 2 aromatic heterocycles. The number of pyridine rings is 2. The summed E-state index contributed by atoms with van der Waals surface area (Å²) in [5.74, 6) is 0. The van der Waals surface area contributed by atoms with Crippen LogP contribution in [0, 0.1) is 0 Å². The Morgan fingerprint density at radius 2 is 1.32 bits per heavy atom. The first-order chi connectivity index (χ1) is 10.00. The molecule has 10 heteroatoms. The fourth-order valence-corrected chi connectivity index (χ4v) is 1.41. The monoisotopic (exact) mass is 362 g/mol. The van der Waals surface area contributed by atoms with Crippen LogP contribution in [0.3, 0.4) is 0 Å². The second-order valence-corrected chi connectivity index (χ2v) is 4.51. The summed E-state index contributed by atoms with van der Waals surface area (Å²) in [6, 6.07) is 3.63. The van der Waals surface area contributed by atoms with Crippen molar-refractivity contribution in [2.45, 2.75) is 12.4 Å². The van der Waals surface area contributed by atoms with Crippen LogP contribution in [0.15, 0.2) is 36.7 Å². The van der Waals surface area contributed by atoms with Gasteiger partial charge in [-0.25, -0.2) is 9.97 Å². The van der Waals surface area contributed by atoms with Gasteiger partial charge in [0.05, 0.1) is 11.1 Å². The van der Waals surface area contributed by atoms with Gasteiger partial charge in [-0.2, -0.15) is 26.3 Å². The molecule has 0 aliphatic heterocycles. The molecule has 0 saturated carbocycles. The number of nitrogens with zero attached hydrogens (tertiary/aromatic N) is 2. The van der Waals surface area contributed by atoms with Gasteiger partial charge in [0.1, 0.15) is 10.3 Å². The summed E-state index contributed by atoms with van der Waals surface area (Å²) in [5, 5.41) is -0.0992. The molecule has 0 bridgehead atoms. The molecular weight excluding hydrogens is 357 g/mol. The zero-order valence-electron chi connectivity index (χ0n) is 10.4. The molecule has 0 fully saturated rings. The molecule has 0 aliphatic rings. The van der Waals surface area contributed by atoms with E-state index in [9.17, 15) is 26.3 Å². The molecule has 2 rings (SSSR count). The molecule has 0 amide bonds. The molecule has 2 heterocycles. The first-order valence-electron chi connectivity index (χ1n) is 5.37. The third-order valence-electron chi connectivity index (χ3n) is 2.11. The lowest BCUT2D eigenvalue weighted by atomic mass is 10.3. The SMILES string of the molecule is FC(F)(F)c1ccc(Cl)nc1.FC(F)(F)c1ccnc(Cl)c1. The fourth-order valence-electron chi connectivity index (χ4n) is 1.12. The summed E-state index contributed by atoms with van der Waals surface area (Å²) >= 11 is 10.5. The van der Waals surface area contributed by atoms with Crippen molar-refractivity contribution in [3.63, 3.8) is 0 Å². The van der Waals surface area contributed by atoms with E-state index in [0.29, 0.717) is 6.20 Å². The summed E-state index contributed by atoms with van der Waals surface area (Å²) in [5.41, 5.74) is -1.57. The predicted molar refractivity (Wildman–Crippen MR) is 68.5 cm³/mol. The summed E-state index contributed by atoms with van der Waals surface area (Å²) in [4.78, 5) is 6.71. The molecule has 0 unspecified atom stereocenters. The van der Waals surface area contributed by atoms with Gasteiger partial charge in [0.2, 0.25) is 0 Å². The van der Waals surface area contributed by atoms with Crippen LogP contribution in [0.25, 0.3) is 0 Å². The van der Waals surface area contributed by atoms with E-state index in [0.717, 1.165) is 30.5 Å². The first kappa shape index (κ1) is 18.5. The Labute approximate surface area is 130 Å². The van der Waals surface area contributed by atoms with Crippen molar-refractivity contribution in [2.24, 2.45) is 0 Å². The smallest absolute Gasteiger partial charge is 0.245 e. The summed E-state index contributed by atoms with van der Waals surface area (Å²) in [6.45, 7) is 0. The molecule has 0 spiro atoms. The molecule has 0 N–H and O–H groups in total. The van der Waals surface area contributed by atoms with Crippen LogP contribution in [0.1, 0.15) is 11.1 Å². The summed E-state index contributed by atoms with van der Waals surface area (Å²) in [6.07, 6.45) is -6.96.